The molecule has 2 heterocycles. The van der Waals surface area contributed by atoms with Crippen molar-refractivity contribution >= 4 is 52.2 Å². The van der Waals surface area contributed by atoms with E-state index >= 15 is 0 Å². The van der Waals surface area contributed by atoms with E-state index in [4.69, 9.17) is 0 Å². The summed E-state index contributed by atoms with van der Waals surface area (Å²) in [5.74, 6) is 0.825. The lowest BCUT2D eigenvalue weighted by atomic mass is 10.1. The van der Waals surface area contributed by atoms with Crippen LogP contribution in [-0.2, 0) is 19.3 Å². The third-order valence-corrected chi connectivity index (χ3v) is 5.41. The van der Waals surface area contributed by atoms with Crippen molar-refractivity contribution in [2.45, 2.75) is 26.2 Å². The standard InChI is InChI=1S/C20H25N5S.HI/c1-3-17-14-25-18(26-17)10-13-24-20(21-2)23-12-9-16-7-4-6-15-8-5-11-22-19(15)16;/h4-8,11,14H,3,9-10,12-13H2,1-2H3,(H2,21,23,24);1H. The molecule has 0 atom stereocenters. The molecule has 144 valence electrons. The molecular formula is C20H26IN5S. The maximum absolute atomic E-state index is 4.51. The maximum Gasteiger partial charge on any atom is 0.191 e. The molecule has 2 aromatic heterocycles. The number of aromatic nitrogens is 2. The molecule has 0 unspecified atom stereocenters. The van der Waals surface area contributed by atoms with Crippen LogP contribution in [0, 0.1) is 0 Å². The highest BCUT2D eigenvalue weighted by atomic mass is 127. The van der Waals surface area contributed by atoms with Crippen molar-refractivity contribution in [3.8, 4) is 0 Å². The Balaban J connectivity index is 0.00000261. The fourth-order valence-electron chi connectivity index (χ4n) is 2.82. The molecule has 0 aliphatic rings. The number of thiazole rings is 1. The summed E-state index contributed by atoms with van der Waals surface area (Å²) in [6.07, 6.45) is 6.70. The molecule has 3 aromatic rings. The van der Waals surface area contributed by atoms with Gasteiger partial charge < -0.3 is 10.6 Å². The third kappa shape index (κ3) is 6.14. The molecule has 27 heavy (non-hydrogen) atoms. The zero-order valence-electron chi connectivity index (χ0n) is 15.7. The lowest BCUT2D eigenvalue weighted by molar-refractivity contribution is 0.783. The number of para-hydroxylation sites is 1. The summed E-state index contributed by atoms with van der Waals surface area (Å²) in [6, 6.07) is 10.4. The predicted molar refractivity (Wildman–Crippen MR) is 125 cm³/mol. The Bertz CT molecular complexity index is 872. The van der Waals surface area contributed by atoms with Crippen molar-refractivity contribution in [3.05, 3.63) is 58.2 Å². The number of guanidine groups is 1. The Morgan fingerprint density at radius 3 is 2.59 bits per heavy atom. The van der Waals surface area contributed by atoms with E-state index in [0.29, 0.717) is 0 Å². The van der Waals surface area contributed by atoms with Gasteiger partial charge >= 0.3 is 0 Å². The molecule has 2 N–H and O–H groups in total. The molecule has 7 heteroatoms. The number of fused-ring (bicyclic) bond motifs is 1. The SMILES string of the molecule is CCc1cnc(CCNC(=NC)NCCc2cccc3cccnc23)s1.I. The summed E-state index contributed by atoms with van der Waals surface area (Å²) in [6.45, 7) is 3.80. The predicted octanol–water partition coefficient (Wildman–Crippen LogP) is 3.82. The van der Waals surface area contributed by atoms with Gasteiger partial charge in [-0.05, 0) is 24.5 Å². The summed E-state index contributed by atoms with van der Waals surface area (Å²) in [4.78, 5) is 14.6. The van der Waals surface area contributed by atoms with Crippen molar-refractivity contribution in [2.75, 3.05) is 20.1 Å². The topological polar surface area (TPSA) is 62.2 Å². The lowest BCUT2D eigenvalue weighted by Crippen LogP contribution is -2.39. The van der Waals surface area contributed by atoms with E-state index in [-0.39, 0.29) is 24.0 Å². The molecule has 0 saturated carbocycles. The van der Waals surface area contributed by atoms with Gasteiger partial charge in [-0.2, -0.15) is 0 Å². The van der Waals surface area contributed by atoms with E-state index in [1.165, 1.54) is 20.8 Å². The molecule has 0 amide bonds. The second-order valence-corrected chi connectivity index (χ2v) is 7.19. The number of rotatable bonds is 7. The number of pyridine rings is 1. The highest BCUT2D eigenvalue weighted by Gasteiger charge is 2.04. The van der Waals surface area contributed by atoms with Crippen LogP contribution >= 0.6 is 35.3 Å². The van der Waals surface area contributed by atoms with E-state index in [9.17, 15) is 0 Å². The highest BCUT2D eigenvalue weighted by Crippen LogP contribution is 2.16. The number of nitrogens with zero attached hydrogens (tertiary/aromatic N) is 3. The molecule has 0 spiro atoms. The van der Waals surface area contributed by atoms with Gasteiger partial charge in [-0.1, -0.05) is 31.2 Å². The summed E-state index contributed by atoms with van der Waals surface area (Å²) in [5, 5.41) is 9.09. The Morgan fingerprint density at radius 2 is 1.85 bits per heavy atom. The number of nitrogens with one attached hydrogen (secondary N) is 2. The zero-order valence-corrected chi connectivity index (χ0v) is 18.9. The number of hydrogen-bond acceptors (Lipinski definition) is 4. The first-order valence-electron chi connectivity index (χ1n) is 9.01. The van der Waals surface area contributed by atoms with Crippen LogP contribution < -0.4 is 10.6 Å². The molecule has 3 rings (SSSR count). The number of aryl methyl sites for hydroxylation is 1. The Morgan fingerprint density at radius 1 is 1.07 bits per heavy atom. The third-order valence-electron chi connectivity index (χ3n) is 4.21. The summed E-state index contributed by atoms with van der Waals surface area (Å²) in [7, 11) is 1.80. The molecule has 0 fully saturated rings. The second-order valence-electron chi connectivity index (χ2n) is 5.99. The minimum absolute atomic E-state index is 0. The number of aliphatic imine (C=N–C) groups is 1. The number of benzene rings is 1. The number of halogens is 1. The van der Waals surface area contributed by atoms with E-state index in [0.717, 1.165) is 43.8 Å². The van der Waals surface area contributed by atoms with E-state index in [1.807, 2.05) is 18.5 Å². The molecule has 0 bridgehead atoms. The summed E-state index contributed by atoms with van der Waals surface area (Å²) in [5.41, 5.74) is 2.33. The monoisotopic (exact) mass is 495 g/mol. The zero-order chi connectivity index (χ0) is 18.2. The minimum Gasteiger partial charge on any atom is -0.356 e. The van der Waals surface area contributed by atoms with Crippen LogP contribution in [0.4, 0.5) is 0 Å². The Kier molecular flexibility index (Phi) is 8.93. The van der Waals surface area contributed by atoms with Crippen LogP contribution in [0.5, 0.6) is 0 Å². The van der Waals surface area contributed by atoms with Gasteiger partial charge in [-0.15, -0.1) is 35.3 Å². The largest absolute Gasteiger partial charge is 0.356 e. The van der Waals surface area contributed by atoms with Gasteiger partial charge in [0.25, 0.3) is 0 Å². The molecule has 0 radical (unpaired) electrons. The molecular weight excluding hydrogens is 469 g/mol. The van der Waals surface area contributed by atoms with Crippen LogP contribution in [0.15, 0.2) is 47.7 Å². The van der Waals surface area contributed by atoms with Crippen molar-refractivity contribution in [2.24, 2.45) is 4.99 Å². The highest BCUT2D eigenvalue weighted by molar-refractivity contribution is 14.0. The van der Waals surface area contributed by atoms with Gasteiger partial charge in [0.1, 0.15) is 0 Å². The Labute approximate surface area is 181 Å². The van der Waals surface area contributed by atoms with Crippen LogP contribution in [0.2, 0.25) is 0 Å². The average Bonchev–Trinajstić information content (AvgIpc) is 3.15. The van der Waals surface area contributed by atoms with Crippen LogP contribution in [0.1, 0.15) is 22.4 Å². The second kappa shape index (κ2) is 11.2. The van der Waals surface area contributed by atoms with E-state index < -0.39 is 0 Å². The first-order chi connectivity index (χ1) is 12.8. The van der Waals surface area contributed by atoms with Gasteiger partial charge in [0.15, 0.2) is 5.96 Å². The molecule has 0 saturated heterocycles. The Hall–Kier alpha value is -1.74. The summed E-state index contributed by atoms with van der Waals surface area (Å²) < 4.78 is 0. The maximum atomic E-state index is 4.51. The van der Waals surface area contributed by atoms with Crippen LogP contribution in [-0.4, -0.2) is 36.1 Å². The van der Waals surface area contributed by atoms with Gasteiger partial charge in [0.2, 0.25) is 0 Å². The molecule has 1 aromatic carbocycles. The van der Waals surface area contributed by atoms with E-state index in [2.05, 4.69) is 56.8 Å². The van der Waals surface area contributed by atoms with Crippen molar-refractivity contribution in [1.82, 2.24) is 20.6 Å². The smallest absolute Gasteiger partial charge is 0.191 e. The van der Waals surface area contributed by atoms with Crippen molar-refractivity contribution < 1.29 is 0 Å². The normalized spacial score (nSPS) is 11.3. The van der Waals surface area contributed by atoms with Crippen LogP contribution in [0.25, 0.3) is 10.9 Å². The van der Waals surface area contributed by atoms with E-state index in [1.54, 1.807) is 18.4 Å². The van der Waals surface area contributed by atoms with Gasteiger partial charge in [-0.25, -0.2) is 4.98 Å². The van der Waals surface area contributed by atoms with Gasteiger partial charge in [0, 0.05) is 49.2 Å². The average molecular weight is 495 g/mol. The lowest BCUT2D eigenvalue weighted by Gasteiger charge is -2.12. The number of hydrogen-bond donors (Lipinski definition) is 2. The van der Waals surface area contributed by atoms with Crippen molar-refractivity contribution in [1.29, 1.82) is 0 Å². The molecule has 5 nitrogen and oxygen atoms in total. The molecule has 0 aliphatic heterocycles. The van der Waals surface area contributed by atoms with Gasteiger partial charge in [-0.3, -0.25) is 9.98 Å². The summed E-state index contributed by atoms with van der Waals surface area (Å²) >= 11 is 1.79. The minimum atomic E-state index is 0. The first-order valence-corrected chi connectivity index (χ1v) is 9.82. The van der Waals surface area contributed by atoms with Crippen LogP contribution in [0.3, 0.4) is 0 Å². The van der Waals surface area contributed by atoms with Gasteiger partial charge in [0.05, 0.1) is 10.5 Å². The fourth-order valence-corrected chi connectivity index (χ4v) is 3.68. The first kappa shape index (κ1) is 21.6. The van der Waals surface area contributed by atoms with Crippen molar-refractivity contribution in [3.63, 3.8) is 0 Å². The molecule has 0 aliphatic carbocycles. The quantitative estimate of drug-likeness (QED) is 0.297. The fraction of sp³-hybridized carbons (Fsp3) is 0.350.